The van der Waals surface area contributed by atoms with Crippen LogP contribution in [0.4, 0.5) is 5.69 Å². The lowest BCUT2D eigenvalue weighted by Gasteiger charge is -2.12. The number of rotatable bonds is 6. The molecule has 33 heavy (non-hydrogen) atoms. The van der Waals surface area contributed by atoms with E-state index in [9.17, 15) is 21.6 Å². The van der Waals surface area contributed by atoms with E-state index < -0.39 is 31.8 Å². The summed E-state index contributed by atoms with van der Waals surface area (Å²) < 4.78 is 52.9. The number of hydrogen-bond acceptors (Lipinski definition) is 6. The maximum absolute atomic E-state index is 12.9. The Morgan fingerprint density at radius 1 is 1.09 bits per heavy atom. The van der Waals surface area contributed by atoms with Gasteiger partial charge in [0.1, 0.15) is 0 Å². The fourth-order valence-electron chi connectivity index (χ4n) is 3.81. The van der Waals surface area contributed by atoms with E-state index in [-0.39, 0.29) is 28.4 Å². The van der Waals surface area contributed by atoms with Crippen LogP contribution < -0.4 is 10.0 Å². The standard InChI is InChI=1S/C22H24N4O5S2/c1-15-21(16(2)26(24-15)19-8-4-3-5-9-19)23-22(27)17-7-6-10-20(13-17)33(30,31)25-18-11-12-32(28,29)14-18/h3-10,13,18,25H,11-12,14H2,1-2H3,(H,23,27)/t18-/m0/s1. The number of hydrogen-bond donors (Lipinski definition) is 2. The molecule has 3 aromatic rings. The van der Waals surface area contributed by atoms with E-state index in [4.69, 9.17) is 0 Å². The molecule has 1 aromatic heterocycles. The summed E-state index contributed by atoms with van der Waals surface area (Å²) in [5, 5.41) is 7.33. The monoisotopic (exact) mass is 488 g/mol. The Bertz CT molecular complexity index is 1410. The Morgan fingerprint density at radius 3 is 2.48 bits per heavy atom. The highest BCUT2D eigenvalue weighted by Gasteiger charge is 2.31. The molecule has 0 spiro atoms. The zero-order valence-corrected chi connectivity index (χ0v) is 19.8. The van der Waals surface area contributed by atoms with Gasteiger partial charge in [-0.3, -0.25) is 4.79 Å². The SMILES string of the molecule is Cc1nn(-c2ccccc2)c(C)c1NC(=O)c1cccc(S(=O)(=O)N[C@H]2CCS(=O)(=O)C2)c1. The van der Waals surface area contributed by atoms with E-state index in [0.29, 0.717) is 11.4 Å². The number of amides is 1. The second-order valence-electron chi connectivity index (χ2n) is 8.00. The maximum atomic E-state index is 12.9. The van der Waals surface area contributed by atoms with Crippen LogP contribution in [0, 0.1) is 13.8 Å². The van der Waals surface area contributed by atoms with Gasteiger partial charge in [-0.25, -0.2) is 26.2 Å². The predicted molar refractivity (Wildman–Crippen MR) is 125 cm³/mol. The zero-order chi connectivity index (χ0) is 23.8. The fraction of sp³-hybridized carbons (Fsp3) is 0.273. The minimum Gasteiger partial charge on any atom is -0.319 e. The normalized spacial score (nSPS) is 17.7. The van der Waals surface area contributed by atoms with Crippen LogP contribution in [0.1, 0.15) is 28.2 Å². The molecule has 2 heterocycles. The summed E-state index contributed by atoms with van der Waals surface area (Å²) in [5.41, 5.74) is 2.92. The van der Waals surface area contributed by atoms with E-state index in [0.717, 1.165) is 11.4 Å². The third-order valence-corrected chi connectivity index (χ3v) is 8.78. The average Bonchev–Trinajstić information content (AvgIpc) is 3.26. The van der Waals surface area contributed by atoms with Crippen molar-refractivity contribution in [3.8, 4) is 5.69 Å². The van der Waals surface area contributed by atoms with Gasteiger partial charge in [-0.05, 0) is 50.6 Å². The number of aryl methyl sites for hydroxylation is 1. The largest absolute Gasteiger partial charge is 0.319 e. The van der Waals surface area contributed by atoms with Crippen LogP contribution in [0.5, 0.6) is 0 Å². The molecule has 0 saturated carbocycles. The van der Waals surface area contributed by atoms with Crippen LogP contribution in [-0.2, 0) is 19.9 Å². The Hall–Kier alpha value is -3.02. The quantitative estimate of drug-likeness (QED) is 0.548. The van der Waals surface area contributed by atoms with Gasteiger partial charge in [0.25, 0.3) is 5.91 Å². The summed E-state index contributed by atoms with van der Waals surface area (Å²) in [6.45, 7) is 3.62. The third-order valence-electron chi connectivity index (χ3n) is 5.49. The first-order valence-electron chi connectivity index (χ1n) is 10.3. The summed E-state index contributed by atoms with van der Waals surface area (Å²) in [6.07, 6.45) is 0.228. The number of para-hydroxylation sites is 1. The number of sulfonamides is 1. The van der Waals surface area contributed by atoms with Gasteiger partial charge in [0.2, 0.25) is 10.0 Å². The smallest absolute Gasteiger partial charge is 0.255 e. The van der Waals surface area contributed by atoms with Gasteiger partial charge in [-0.2, -0.15) is 5.10 Å². The maximum Gasteiger partial charge on any atom is 0.255 e. The highest BCUT2D eigenvalue weighted by molar-refractivity contribution is 7.92. The molecule has 2 aromatic carbocycles. The first-order chi connectivity index (χ1) is 15.6. The van der Waals surface area contributed by atoms with Crippen molar-refractivity contribution in [3.63, 3.8) is 0 Å². The topological polar surface area (TPSA) is 127 Å². The minimum atomic E-state index is -3.98. The van der Waals surface area contributed by atoms with Crippen molar-refractivity contribution in [3.05, 3.63) is 71.5 Å². The number of sulfone groups is 1. The van der Waals surface area contributed by atoms with Crippen molar-refractivity contribution < 1.29 is 21.6 Å². The first kappa shape index (κ1) is 23.1. The highest BCUT2D eigenvalue weighted by atomic mass is 32.2. The number of anilines is 1. The molecule has 2 N–H and O–H groups in total. The van der Waals surface area contributed by atoms with Gasteiger partial charge < -0.3 is 5.32 Å². The van der Waals surface area contributed by atoms with Crippen molar-refractivity contribution >= 4 is 31.5 Å². The molecule has 0 radical (unpaired) electrons. The Morgan fingerprint density at radius 2 is 1.82 bits per heavy atom. The molecule has 1 aliphatic heterocycles. The molecule has 0 aliphatic carbocycles. The second kappa shape index (κ2) is 8.73. The molecular formula is C22H24N4O5S2. The summed E-state index contributed by atoms with van der Waals surface area (Å²) in [7, 11) is -7.21. The Balaban J connectivity index is 1.55. The van der Waals surface area contributed by atoms with Crippen LogP contribution in [0.3, 0.4) is 0 Å². The molecule has 174 valence electrons. The van der Waals surface area contributed by atoms with Crippen LogP contribution in [0.15, 0.2) is 59.5 Å². The predicted octanol–water partition coefficient (Wildman–Crippen LogP) is 2.21. The van der Waals surface area contributed by atoms with E-state index >= 15 is 0 Å². The number of carbonyl (C=O) groups is 1. The fourth-order valence-corrected chi connectivity index (χ4v) is 6.90. The van der Waals surface area contributed by atoms with Gasteiger partial charge in [0.15, 0.2) is 9.84 Å². The number of aromatic nitrogens is 2. The van der Waals surface area contributed by atoms with Crippen molar-refractivity contribution in [1.82, 2.24) is 14.5 Å². The molecule has 9 nitrogen and oxygen atoms in total. The molecule has 1 saturated heterocycles. The van der Waals surface area contributed by atoms with E-state index in [2.05, 4.69) is 15.1 Å². The van der Waals surface area contributed by atoms with Crippen molar-refractivity contribution in [2.45, 2.75) is 31.2 Å². The van der Waals surface area contributed by atoms with Crippen molar-refractivity contribution in [2.24, 2.45) is 0 Å². The number of benzene rings is 2. The number of carbonyl (C=O) groups excluding carboxylic acids is 1. The number of nitrogens with one attached hydrogen (secondary N) is 2. The van der Waals surface area contributed by atoms with Crippen molar-refractivity contribution in [1.29, 1.82) is 0 Å². The van der Waals surface area contributed by atoms with Gasteiger partial charge in [-0.15, -0.1) is 0 Å². The molecule has 0 bridgehead atoms. The molecule has 1 atom stereocenters. The van der Waals surface area contributed by atoms with Crippen LogP contribution in [0.2, 0.25) is 0 Å². The van der Waals surface area contributed by atoms with E-state index in [1.165, 1.54) is 24.3 Å². The third kappa shape index (κ3) is 5.00. The lowest BCUT2D eigenvalue weighted by Crippen LogP contribution is -2.35. The molecule has 1 aliphatic rings. The van der Waals surface area contributed by atoms with Crippen LogP contribution >= 0.6 is 0 Å². The molecular weight excluding hydrogens is 464 g/mol. The van der Waals surface area contributed by atoms with Gasteiger partial charge in [0, 0.05) is 11.6 Å². The summed E-state index contributed by atoms with van der Waals surface area (Å²) >= 11 is 0. The van der Waals surface area contributed by atoms with Gasteiger partial charge in [-0.1, -0.05) is 24.3 Å². The first-order valence-corrected chi connectivity index (χ1v) is 13.6. The lowest BCUT2D eigenvalue weighted by molar-refractivity contribution is 0.102. The molecule has 0 unspecified atom stereocenters. The Labute approximate surface area is 192 Å². The molecule has 1 fully saturated rings. The summed E-state index contributed by atoms with van der Waals surface area (Å²) in [6, 6.07) is 14.5. The van der Waals surface area contributed by atoms with Crippen LogP contribution in [-0.4, -0.2) is 50.1 Å². The van der Waals surface area contributed by atoms with Gasteiger partial charge in [0.05, 0.1) is 39.2 Å². The molecule has 1 amide bonds. The van der Waals surface area contributed by atoms with Crippen LogP contribution in [0.25, 0.3) is 5.69 Å². The zero-order valence-electron chi connectivity index (χ0n) is 18.1. The highest BCUT2D eigenvalue weighted by Crippen LogP contribution is 2.24. The van der Waals surface area contributed by atoms with Gasteiger partial charge >= 0.3 is 0 Å². The average molecular weight is 489 g/mol. The summed E-state index contributed by atoms with van der Waals surface area (Å²) in [5.74, 6) is -0.747. The molecule has 11 heteroatoms. The van der Waals surface area contributed by atoms with Crippen molar-refractivity contribution in [2.75, 3.05) is 16.8 Å². The minimum absolute atomic E-state index is 0.0437. The second-order valence-corrected chi connectivity index (χ2v) is 11.9. The summed E-state index contributed by atoms with van der Waals surface area (Å²) in [4.78, 5) is 12.8. The van der Waals surface area contributed by atoms with E-state index in [1.54, 1.807) is 11.6 Å². The molecule has 4 rings (SSSR count). The number of nitrogens with zero attached hydrogens (tertiary/aromatic N) is 2. The Kier molecular flexibility index (Phi) is 6.12. The van der Waals surface area contributed by atoms with E-state index in [1.807, 2.05) is 37.3 Å². The lowest BCUT2D eigenvalue weighted by atomic mass is 10.2.